The quantitative estimate of drug-likeness (QED) is 0.822. The molecule has 24 heavy (non-hydrogen) atoms. The van der Waals surface area contributed by atoms with Gasteiger partial charge in [-0.05, 0) is 55.8 Å². The number of methoxy groups -OCH3 is 1. The second-order valence-corrected chi connectivity index (χ2v) is 6.02. The molecule has 1 atom stereocenters. The van der Waals surface area contributed by atoms with Gasteiger partial charge in [-0.15, -0.1) is 0 Å². The van der Waals surface area contributed by atoms with Gasteiger partial charge in [-0.25, -0.2) is 0 Å². The summed E-state index contributed by atoms with van der Waals surface area (Å²) in [4.78, 5) is 12.3. The topological polar surface area (TPSA) is 47.6 Å². The van der Waals surface area contributed by atoms with Crippen LogP contribution in [0.4, 0.5) is 0 Å². The van der Waals surface area contributed by atoms with E-state index in [-0.39, 0.29) is 5.91 Å². The highest BCUT2D eigenvalue weighted by molar-refractivity contribution is 6.30. The molecule has 0 bridgehead atoms. The van der Waals surface area contributed by atoms with E-state index in [9.17, 15) is 4.79 Å². The summed E-state index contributed by atoms with van der Waals surface area (Å²) < 4.78 is 11.0. The summed E-state index contributed by atoms with van der Waals surface area (Å²) >= 11 is 6.05. The molecule has 128 valence electrons. The van der Waals surface area contributed by atoms with Crippen LogP contribution in [0, 0.1) is 0 Å². The normalized spacial score (nSPS) is 13.2. The van der Waals surface area contributed by atoms with Gasteiger partial charge in [0.15, 0.2) is 0 Å². The third-order valence-corrected chi connectivity index (χ3v) is 4.13. The molecule has 0 saturated carbocycles. The molecule has 0 saturated heterocycles. The minimum absolute atomic E-state index is 0.164. The molecule has 0 aliphatic carbocycles. The van der Waals surface area contributed by atoms with Crippen molar-refractivity contribution in [2.24, 2.45) is 0 Å². The number of benzene rings is 2. The summed E-state index contributed by atoms with van der Waals surface area (Å²) in [6, 6.07) is 14.5. The number of carbonyl (C=O) groups is 1. The SMILES string of the molecule is CCOc1ccc(C(=O)NCC(C)(OC)c2cccc(Cl)c2)cc1. The predicted octanol–water partition coefficient (Wildman–Crippen LogP) is 4.03. The number of nitrogens with one attached hydrogen (secondary N) is 1. The van der Waals surface area contributed by atoms with Crippen molar-refractivity contribution in [3.05, 3.63) is 64.7 Å². The average molecular weight is 348 g/mol. The van der Waals surface area contributed by atoms with Crippen molar-refractivity contribution in [2.75, 3.05) is 20.3 Å². The minimum atomic E-state index is -0.661. The van der Waals surface area contributed by atoms with E-state index < -0.39 is 5.60 Å². The van der Waals surface area contributed by atoms with Crippen molar-refractivity contribution in [1.29, 1.82) is 0 Å². The Balaban J connectivity index is 2.05. The summed E-state index contributed by atoms with van der Waals surface area (Å²) in [5, 5.41) is 3.55. The van der Waals surface area contributed by atoms with Gasteiger partial charge >= 0.3 is 0 Å². The smallest absolute Gasteiger partial charge is 0.251 e. The molecule has 0 radical (unpaired) electrons. The lowest BCUT2D eigenvalue weighted by Gasteiger charge is -2.29. The first-order valence-electron chi connectivity index (χ1n) is 7.81. The summed E-state index contributed by atoms with van der Waals surface area (Å²) in [6.07, 6.45) is 0. The molecule has 0 aliphatic heterocycles. The van der Waals surface area contributed by atoms with Gasteiger partial charge in [-0.1, -0.05) is 23.7 Å². The van der Waals surface area contributed by atoms with E-state index >= 15 is 0 Å². The van der Waals surface area contributed by atoms with Crippen molar-refractivity contribution in [3.63, 3.8) is 0 Å². The number of carbonyl (C=O) groups excluding carboxylic acids is 1. The van der Waals surface area contributed by atoms with Crippen LogP contribution >= 0.6 is 11.6 Å². The molecule has 1 amide bonds. The van der Waals surface area contributed by atoms with Crippen molar-refractivity contribution in [2.45, 2.75) is 19.4 Å². The van der Waals surface area contributed by atoms with Crippen LogP contribution in [0.15, 0.2) is 48.5 Å². The Morgan fingerprint density at radius 1 is 1.21 bits per heavy atom. The summed E-state index contributed by atoms with van der Waals surface area (Å²) in [7, 11) is 1.62. The maximum Gasteiger partial charge on any atom is 0.251 e. The van der Waals surface area contributed by atoms with Crippen molar-refractivity contribution in [3.8, 4) is 5.75 Å². The van der Waals surface area contributed by atoms with E-state index in [1.165, 1.54) is 0 Å². The average Bonchev–Trinajstić information content (AvgIpc) is 2.60. The fourth-order valence-corrected chi connectivity index (χ4v) is 2.52. The Bertz CT molecular complexity index is 687. The van der Waals surface area contributed by atoms with Crippen LogP contribution in [0.25, 0.3) is 0 Å². The minimum Gasteiger partial charge on any atom is -0.494 e. The monoisotopic (exact) mass is 347 g/mol. The summed E-state index contributed by atoms with van der Waals surface area (Å²) in [5.74, 6) is 0.582. The van der Waals surface area contributed by atoms with Crippen LogP contribution in [-0.4, -0.2) is 26.2 Å². The van der Waals surface area contributed by atoms with E-state index in [1.54, 1.807) is 37.4 Å². The van der Waals surface area contributed by atoms with Crippen LogP contribution in [0.3, 0.4) is 0 Å². The van der Waals surface area contributed by atoms with Crippen molar-refractivity contribution >= 4 is 17.5 Å². The second-order valence-electron chi connectivity index (χ2n) is 5.59. The molecular weight excluding hydrogens is 326 g/mol. The predicted molar refractivity (Wildman–Crippen MR) is 95.8 cm³/mol. The van der Waals surface area contributed by atoms with Gasteiger partial charge in [-0.3, -0.25) is 4.79 Å². The van der Waals surface area contributed by atoms with Crippen LogP contribution in [0.1, 0.15) is 29.8 Å². The lowest BCUT2D eigenvalue weighted by Crippen LogP contribution is -2.40. The molecule has 0 heterocycles. The Labute approximate surface area is 147 Å². The number of rotatable bonds is 7. The standard InChI is InChI=1S/C19H22ClNO3/c1-4-24-17-10-8-14(9-11-17)18(22)21-13-19(2,23-3)15-6-5-7-16(20)12-15/h5-12H,4,13H2,1-3H3,(H,21,22). The molecule has 2 aromatic rings. The maximum atomic E-state index is 12.3. The van der Waals surface area contributed by atoms with Gasteiger partial charge in [0, 0.05) is 17.7 Å². The van der Waals surface area contributed by atoms with Crippen LogP contribution < -0.4 is 10.1 Å². The number of hydrogen-bond donors (Lipinski definition) is 1. The molecule has 1 N–H and O–H groups in total. The summed E-state index contributed by atoms with van der Waals surface area (Å²) in [5.41, 5.74) is 0.818. The zero-order valence-corrected chi connectivity index (χ0v) is 14.9. The molecule has 0 aliphatic rings. The molecular formula is C19H22ClNO3. The molecule has 0 fully saturated rings. The first kappa shape index (κ1) is 18.3. The fraction of sp³-hybridized carbons (Fsp3) is 0.316. The van der Waals surface area contributed by atoms with Gasteiger partial charge < -0.3 is 14.8 Å². The third kappa shape index (κ3) is 4.49. The van der Waals surface area contributed by atoms with E-state index in [1.807, 2.05) is 32.0 Å². The number of amides is 1. The van der Waals surface area contributed by atoms with E-state index in [4.69, 9.17) is 21.1 Å². The highest BCUT2D eigenvalue weighted by atomic mass is 35.5. The van der Waals surface area contributed by atoms with Gasteiger partial charge in [0.05, 0.1) is 13.2 Å². The lowest BCUT2D eigenvalue weighted by molar-refractivity contribution is 0.00315. The Hall–Kier alpha value is -2.04. The lowest BCUT2D eigenvalue weighted by atomic mass is 9.95. The van der Waals surface area contributed by atoms with Crippen molar-refractivity contribution in [1.82, 2.24) is 5.32 Å². The Morgan fingerprint density at radius 3 is 2.50 bits per heavy atom. The molecule has 0 aromatic heterocycles. The van der Waals surface area contributed by atoms with Gasteiger partial charge in [0.1, 0.15) is 11.4 Å². The maximum absolute atomic E-state index is 12.3. The molecule has 4 nitrogen and oxygen atoms in total. The number of ether oxygens (including phenoxy) is 2. The van der Waals surface area contributed by atoms with E-state index in [2.05, 4.69) is 5.32 Å². The Morgan fingerprint density at radius 2 is 1.92 bits per heavy atom. The molecule has 2 rings (SSSR count). The number of hydrogen-bond acceptors (Lipinski definition) is 3. The zero-order chi connectivity index (χ0) is 17.6. The van der Waals surface area contributed by atoms with Crippen LogP contribution in [0.5, 0.6) is 5.75 Å². The fourth-order valence-electron chi connectivity index (χ4n) is 2.33. The third-order valence-electron chi connectivity index (χ3n) is 3.90. The van der Waals surface area contributed by atoms with Gasteiger partial charge in [-0.2, -0.15) is 0 Å². The van der Waals surface area contributed by atoms with Gasteiger partial charge in [0.25, 0.3) is 5.91 Å². The number of halogens is 1. The van der Waals surface area contributed by atoms with E-state index in [0.717, 1.165) is 11.3 Å². The first-order chi connectivity index (χ1) is 11.5. The zero-order valence-electron chi connectivity index (χ0n) is 14.1. The molecule has 2 aromatic carbocycles. The second kappa shape index (κ2) is 8.18. The molecule has 1 unspecified atom stereocenters. The molecule has 0 spiro atoms. The highest BCUT2D eigenvalue weighted by Gasteiger charge is 2.27. The first-order valence-corrected chi connectivity index (χ1v) is 8.18. The Kier molecular flexibility index (Phi) is 6.23. The summed E-state index contributed by atoms with van der Waals surface area (Å²) in [6.45, 7) is 4.76. The van der Waals surface area contributed by atoms with Gasteiger partial charge in [0.2, 0.25) is 0 Å². The van der Waals surface area contributed by atoms with Crippen LogP contribution in [0.2, 0.25) is 5.02 Å². The van der Waals surface area contributed by atoms with Crippen molar-refractivity contribution < 1.29 is 14.3 Å². The largest absolute Gasteiger partial charge is 0.494 e. The van der Waals surface area contributed by atoms with Crippen LogP contribution in [-0.2, 0) is 10.3 Å². The molecule has 5 heteroatoms. The van der Waals surface area contributed by atoms with E-state index in [0.29, 0.717) is 23.7 Å². The highest BCUT2D eigenvalue weighted by Crippen LogP contribution is 2.26.